The number of carbonyl (C=O) groups excluding carboxylic acids is 2. The molecule has 134 valence electrons. The lowest BCUT2D eigenvalue weighted by molar-refractivity contribution is -0.135. The molecular formula is C21H22N2O3. The number of ether oxygens (including phenoxy) is 1. The molecule has 2 aromatic carbocycles. The summed E-state index contributed by atoms with van der Waals surface area (Å²) in [5.74, 6) is 0.702. The van der Waals surface area contributed by atoms with Gasteiger partial charge in [0.05, 0.1) is 19.1 Å². The van der Waals surface area contributed by atoms with Gasteiger partial charge in [-0.3, -0.25) is 14.6 Å². The first-order valence-electron chi connectivity index (χ1n) is 8.90. The number of methoxy groups -OCH3 is 1. The summed E-state index contributed by atoms with van der Waals surface area (Å²) in [5.41, 5.74) is 2.86. The molecule has 26 heavy (non-hydrogen) atoms. The molecule has 2 heterocycles. The Balaban J connectivity index is 1.70. The molecule has 4 rings (SSSR count). The SMILES string of the molecule is COc1ccc(C2C(C(=O)c3ccc(C)cc3)CN3C(=O)CCN23)cc1. The van der Waals surface area contributed by atoms with E-state index >= 15 is 0 Å². The van der Waals surface area contributed by atoms with Gasteiger partial charge >= 0.3 is 0 Å². The third-order valence-electron chi connectivity index (χ3n) is 5.35. The lowest BCUT2D eigenvalue weighted by Crippen LogP contribution is -2.33. The van der Waals surface area contributed by atoms with Gasteiger partial charge in [0.1, 0.15) is 5.75 Å². The van der Waals surface area contributed by atoms with Crippen LogP contribution in [0.15, 0.2) is 48.5 Å². The molecule has 0 N–H and O–H groups in total. The Bertz CT molecular complexity index is 829. The molecule has 2 aliphatic rings. The monoisotopic (exact) mass is 350 g/mol. The summed E-state index contributed by atoms with van der Waals surface area (Å²) >= 11 is 0. The highest BCUT2D eigenvalue weighted by molar-refractivity contribution is 5.99. The number of fused-ring (bicyclic) bond motifs is 1. The Morgan fingerprint density at radius 2 is 1.77 bits per heavy atom. The van der Waals surface area contributed by atoms with Gasteiger partial charge in [0.2, 0.25) is 5.91 Å². The zero-order valence-corrected chi connectivity index (χ0v) is 15.0. The van der Waals surface area contributed by atoms with Crippen molar-refractivity contribution in [2.24, 2.45) is 5.92 Å². The molecule has 0 aromatic heterocycles. The lowest BCUT2D eigenvalue weighted by atomic mass is 9.87. The van der Waals surface area contributed by atoms with Crippen LogP contribution in [0.5, 0.6) is 5.75 Å². The fourth-order valence-corrected chi connectivity index (χ4v) is 3.96. The molecule has 2 saturated heterocycles. The van der Waals surface area contributed by atoms with Gasteiger partial charge in [-0.15, -0.1) is 0 Å². The van der Waals surface area contributed by atoms with Gasteiger partial charge in [-0.25, -0.2) is 5.01 Å². The number of benzene rings is 2. The molecule has 2 atom stereocenters. The van der Waals surface area contributed by atoms with E-state index in [9.17, 15) is 9.59 Å². The predicted octanol–water partition coefficient (Wildman–Crippen LogP) is 3.01. The highest BCUT2D eigenvalue weighted by Crippen LogP contribution is 2.41. The van der Waals surface area contributed by atoms with Crippen molar-refractivity contribution in [2.45, 2.75) is 19.4 Å². The van der Waals surface area contributed by atoms with Crippen LogP contribution >= 0.6 is 0 Å². The highest BCUT2D eigenvalue weighted by Gasteiger charge is 2.49. The quantitative estimate of drug-likeness (QED) is 0.796. The second-order valence-corrected chi connectivity index (χ2v) is 6.94. The summed E-state index contributed by atoms with van der Waals surface area (Å²) in [6.45, 7) is 3.11. The maximum atomic E-state index is 13.2. The predicted molar refractivity (Wildman–Crippen MR) is 97.8 cm³/mol. The maximum absolute atomic E-state index is 13.2. The van der Waals surface area contributed by atoms with E-state index < -0.39 is 0 Å². The van der Waals surface area contributed by atoms with E-state index in [4.69, 9.17) is 4.74 Å². The molecular weight excluding hydrogens is 328 g/mol. The number of amides is 1. The van der Waals surface area contributed by atoms with E-state index in [0.717, 1.165) is 16.9 Å². The number of hydrogen-bond acceptors (Lipinski definition) is 4. The third kappa shape index (κ3) is 2.78. The molecule has 2 unspecified atom stereocenters. The second kappa shape index (κ2) is 6.57. The average Bonchev–Trinajstić information content (AvgIpc) is 3.22. The van der Waals surface area contributed by atoms with Crippen LogP contribution in [0, 0.1) is 12.8 Å². The molecule has 2 aromatic rings. The molecule has 0 spiro atoms. The van der Waals surface area contributed by atoms with Crippen molar-refractivity contribution in [3.63, 3.8) is 0 Å². The number of hydrogen-bond donors (Lipinski definition) is 0. The van der Waals surface area contributed by atoms with E-state index in [2.05, 4.69) is 5.01 Å². The Morgan fingerprint density at radius 1 is 1.08 bits per heavy atom. The number of carbonyl (C=O) groups is 2. The van der Waals surface area contributed by atoms with E-state index in [1.165, 1.54) is 0 Å². The normalized spacial score (nSPS) is 22.5. The molecule has 0 bridgehead atoms. The van der Waals surface area contributed by atoms with E-state index in [1.807, 2.05) is 55.5 Å². The van der Waals surface area contributed by atoms with E-state index in [1.54, 1.807) is 12.1 Å². The Morgan fingerprint density at radius 3 is 2.42 bits per heavy atom. The fraction of sp³-hybridized carbons (Fsp3) is 0.333. The minimum absolute atomic E-state index is 0.0908. The van der Waals surface area contributed by atoms with Crippen LogP contribution in [0.2, 0.25) is 0 Å². The van der Waals surface area contributed by atoms with Crippen molar-refractivity contribution in [3.8, 4) is 5.75 Å². The topological polar surface area (TPSA) is 49.9 Å². The summed E-state index contributed by atoms with van der Waals surface area (Å²) in [6, 6.07) is 15.3. The minimum atomic E-state index is -0.268. The molecule has 1 amide bonds. The third-order valence-corrected chi connectivity index (χ3v) is 5.35. The zero-order valence-electron chi connectivity index (χ0n) is 15.0. The maximum Gasteiger partial charge on any atom is 0.238 e. The first-order valence-corrected chi connectivity index (χ1v) is 8.90. The number of nitrogens with zero attached hydrogens (tertiary/aromatic N) is 2. The Hall–Kier alpha value is -2.66. The number of aryl methyl sites for hydroxylation is 1. The molecule has 0 saturated carbocycles. The number of rotatable bonds is 4. The van der Waals surface area contributed by atoms with Crippen molar-refractivity contribution in [2.75, 3.05) is 20.2 Å². The van der Waals surface area contributed by atoms with Gasteiger partial charge < -0.3 is 4.74 Å². The largest absolute Gasteiger partial charge is 0.497 e. The molecule has 2 aliphatic heterocycles. The summed E-state index contributed by atoms with van der Waals surface area (Å²) < 4.78 is 5.25. The molecule has 2 fully saturated rings. The van der Waals surface area contributed by atoms with E-state index in [0.29, 0.717) is 25.1 Å². The van der Waals surface area contributed by atoms with Crippen molar-refractivity contribution in [1.82, 2.24) is 10.0 Å². The smallest absolute Gasteiger partial charge is 0.238 e. The number of ketones is 1. The van der Waals surface area contributed by atoms with Crippen LogP contribution in [0.25, 0.3) is 0 Å². The highest BCUT2D eigenvalue weighted by atomic mass is 16.5. The van der Waals surface area contributed by atoms with Gasteiger partial charge in [0, 0.05) is 25.1 Å². The minimum Gasteiger partial charge on any atom is -0.497 e. The van der Waals surface area contributed by atoms with Gasteiger partial charge in [-0.05, 0) is 24.6 Å². The van der Waals surface area contributed by atoms with Crippen LogP contribution in [-0.2, 0) is 4.79 Å². The summed E-state index contributed by atoms with van der Waals surface area (Å²) in [7, 11) is 1.63. The average molecular weight is 350 g/mol. The Labute approximate surface area is 153 Å². The van der Waals surface area contributed by atoms with Crippen molar-refractivity contribution < 1.29 is 14.3 Å². The van der Waals surface area contributed by atoms with Crippen LogP contribution in [-0.4, -0.2) is 41.9 Å². The summed E-state index contributed by atoms with van der Waals surface area (Å²) in [5, 5.41) is 3.81. The van der Waals surface area contributed by atoms with Crippen LogP contribution in [0.4, 0.5) is 0 Å². The second-order valence-electron chi connectivity index (χ2n) is 6.94. The van der Waals surface area contributed by atoms with Gasteiger partial charge in [0.15, 0.2) is 5.78 Å². The number of Topliss-reactive ketones (excluding diaryl/α,β-unsaturated/α-hetero) is 1. The first-order chi connectivity index (χ1) is 12.6. The van der Waals surface area contributed by atoms with Gasteiger partial charge in [-0.2, -0.15) is 0 Å². The van der Waals surface area contributed by atoms with Crippen molar-refractivity contribution in [1.29, 1.82) is 0 Å². The Kier molecular flexibility index (Phi) is 4.24. The standard InChI is InChI=1S/C21H22N2O3/c1-14-3-5-16(6-4-14)21(25)18-13-23-19(24)11-12-22(23)20(18)15-7-9-17(26-2)10-8-15/h3-10,18,20H,11-13H2,1-2H3. The van der Waals surface area contributed by atoms with Crippen molar-refractivity contribution >= 4 is 11.7 Å². The van der Waals surface area contributed by atoms with Crippen molar-refractivity contribution in [3.05, 3.63) is 65.2 Å². The first kappa shape index (κ1) is 16.8. The number of hydrazine groups is 1. The molecule has 5 heteroatoms. The molecule has 5 nitrogen and oxygen atoms in total. The summed E-state index contributed by atoms with van der Waals surface area (Å²) in [4.78, 5) is 25.4. The van der Waals surface area contributed by atoms with E-state index in [-0.39, 0.29) is 23.7 Å². The lowest BCUT2D eigenvalue weighted by Gasteiger charge is -2.26. The summed E-state index contributed by atoms with van der Waals surface area (Å²) in [6.07, 6.45) is 0.512. The van der Waals surface area contributed by atoms with Gasteiger partial charge in [0.25, 0.3) is 0 Å². The van der Waals surface area contributed by atoms with Gasteiger partial charge in [-0.1, -0.05) is 42.0 Å². The van der Waals surface area contributed by atoms with Crippen LogP contribution in [0.3, 0.4) is 0 Å². The molecule has 0 aliphatic carbocycles. The fourth-order valence-electron chi connectivity index (χ4n) is 3.96. The van der Waals surface area contributed by atoms with Crippen LogP contribution in [0.1, 0.15) is 33.9 Å². The molecule has 0 radical (unpaired) electrons. The zero-order chi connectivity index (χ0) is 18.3. The van der Waals surface area contributed by atoms with Crippen LogP contribution < -0.4 is 4.74 Å².